The first-order chi connectivity index (χ1) is 7.74. The lowest BCUT2D eigenvalue weighted by Gasteiger charge is -1.99. The van der Waals surface area contributed by atoms with Gasteiger partial charge in [0.1, 0.15) is 5.52 Å². The van der Waals surface area contributed by atoms with Gasteiger partial charge in [-0.05, 0) is 18.2 Å². The van der Waals surface area contributed by atoms with E-state index in [4.69, 9.17) is 21.8 Å². The van der Waals surface area contributed by atoms with Gasteiger partial charge in [0, 0.05) is 17.7 Å². The maximum atomic E-state index is 5.95. The molecule has 0 amide bonds. The second-order valence-electron chi connectivity index (χ2n) is 3.95. The van der Waals surface area contributed by atoms with E-state index in [0.717, 1.165) is 29.2 Å². The van der Waals surface area contributed by atoms with E-state index in [9.17, 15) is 0 Å². The third-order valence-electron chi connectivity index (χ3n) is 2.80. The summed E-state index contributed by atoms with van der Waals surface area (Å²) in [5.41, 5.74) is 7.79. The van der Waals surface area contributed by atoms with Gasteiger partial charge < -0.3 is 10.2 Å². The van der Waals surface area contributed by atoms with E-state index < -0.39 is 0 Å². The van der Waals surface area contributed by atoms with Crippen molar-refractivity contribution < 1.29 is 4.42 Å². The number of benzene rings is 1. The van der Waals surface area contributed by atoms with Gasteiger partial charge in [0.05, 0.1) is 10.7 Å². The molecule has 2 heterocycles. The third-order valence-corrected chi connectivity index (χ3v) is 4.29. The number of hydrogen-bond acceptors (Lipinski definition) is 4. The Hall–Kier alpha value is -0.870. The van der Waals surface area contributed by atoms with Crippen LogP contribution in [0, 0.1) is 0 Å². The van der Waals surface area contributed by atoms with Gasteiger partial charge in [-0.15, -0.1) is 0 Å². The van der Waals surface area contributed by atoms with Crippen LogP contribution in [0.2, 0.25) is 5.02 Å². The molecular formula is C11H11ClN2OS. The highest BCUT2D eigenvalue weighted by Gasteiger charge is 2.23. The summed E-state index contributed by atoms with van der Waals surface area (Å²) in [4.78, 5) is 4.48. The molecule has 5 heteroatoms. The molecule has 1 fully saturated rings. The number of nitrogen functional groups attached to an aromatic ring is 1. The fraction of sp³-hybridized carbons (Fsp3) is 0.364. The van der Waals surface area contributed by atoms with Gasteiger partial charge in [0.25, 0.3) is 0 Å². The molecule has 84 valence electrons. The van der Waals surface area contributed by atoms with Crippen molar-refractivity contribution >= 4 is 40.1 Å². The molecule has 1 saturated heterocycles. The Bertz CT molecular complexity index is 495. The number of thioether (sulfide) groups is 1. The Labute approximate surface area is 102 Å². The molecule has 16 heavy (non-hydrogen) atoms. The van der Waals surface area contributed by atoms with Gasteiger partial charge in [-0.2, -0.15) is 11.8 Å². The monoisotopic (exact) mass is 254 g/mol. The molecule has 1 aromatic carbocycles. The predicted molar refractivity (Wildman–Crippen MR) is 68.1 cm³/mol. The Morgan fingerprint density at radius 1 is 1.50 bits per heavy atom. The van der Waals surface area contributed by atoms with Crippen molar-refractivity contribution in [1.82, 2.24) is 4.98 Å². The van der Waals surface area contributed by atoms with Crippen molar-refractivity contribution in [2.24, 2.45) is 0 Å². The summed E-state index contributed by atoms with van der Waals surface area (Å²) in [5, 5.41) is 0.535. The molecule has 2 aromatic rings. The highest BCUT2D eigenvalue weighted by molar-refractivity contribution is 7.99. The average molecular weight is 255 g/mol. The van der Waals surface area contributed by atoms with Crippen molar-refractivity contribution in [3.63, 3.8) is 0 Å². The van der Waals surface area contributed by atoms with Crippen molar-refractivity contribution in [2.45, 2.75) is 12.3 Å². The van der Waals surface area contributed by atoms with E-state index in [1.807, 2.05) is 11.8 Å². The average Bonchev–Trinajstić information content (AvgIpc) is 2.86. The van der Waals surface area contributed by atoms with E-state index >= 15 is 0 Å². The van der Waals surface area contributed by atoms with E-state index in [1.165, 1.54) is 5.75 Å². The van der Waals surface area contributed by atoms with Crippen LogP contribution in [-0.4, -0.2) is 16.5 Å². The van der Waals surface area contributed by atoms with Gasteiger partial charge in [-0.1, -0.05) is 11.6 Å². The molecule has 3 nitrogen and oxygen atoms in total. The highest BCUT2D eigenvalue weighted by atomic mass is 35.5. The molecule has 0 aliphatic carbocycles. The number of fused-ring (bicyclic) bond motifs is 1. The minimum atomic E-state index is 0.442. The van der Waals surface area contributed by atoms with Gasteiger partial charge in [0.15, 0.2) is 11.5 Å². The van der Waals surface area contributed by atoms with Crippen LogP contribution in [0.25, 0.3) is 11.1 Å². The number of oxazole rings is 1. The largest absolute Gasteiger partial charge is 0.440 e. The van der Waals surface area contributed by atoms with Gasteiger partial charge >= 0.3 is 0 Å². The van der Waals surface area contributed by atoms with Crippen molar-refractivity contribution in [2.75, 3.05) is 17.2 Å². The summed E-state index contributed by atoms with van der Waals surface area (Å²) in [7, 11) is 0. The number of aromatic nitrogens is 1. The number of halogens is 1. The summed E-state index contributed by atoms with van der Waals surface area (Å²) in [6, 6.07) is 3.51. The zero-order valence-electron chi connectivity index (χ0n) is 8.57. The molecule has 1 atom stereocenters. The van der Waals surface area contributed by atoms with Crippen LogP contribution in [0.5, 0.6) is 0 Å². The van der Waals surface area contributed by atoms with E-state index in [1.54, 1.807) is 12.1 Å². The van der Waals surface area contributed by atoms with E-state index in [0.29, 0.717) is 16.6 Å². The fourth-order valence-electron chi connectivity index (χ4n) is 1.89. The SMILES string of the molecule is Nc1cc2oc(C3CCSC3)nc2cc1Cl. The fourth-order valence-corrected chi connectivity index (χ4v) is 3.26. The number of nitrogens with zero attached hydrogens (tertiary/aromatic N) is 1. The molecule has 1 unspecified atom stereocenters. The second kappa shape index (κ2) is 3.86. The van der Waals surface area contributed by atoms with Crippen LogP contribution in [0.1, 0.15) is 18.2 Å². The highest BCUT2D eigenvalue weighted by Crippen LogP contribution is 2.34. The molecule has 1 aliphatic heterocycles. The number of rotatable bonds is 1. The first-order valence-electron chi connectivity index (χ1n) is 5.17. The minimum Gasteiger partial charge on any atom is -0.440 e. The van der Waals surface area contributed by atoms with Crippen LogP contribution in [-0.2, 0) is 0 Å². The maximum absolute atomic E-state index is 5.95. The Kier molecular flexibility index (Phi) is 2.48. The van der Waals surface area contributed by atoms with Crippen LogP contribution < -0.4 is 5.73 Å². The van der Waals surface area contributed by atoms with Crippen molar-refractivity contribution in [3.05, 3.63) is 23.0 Å². The third kappa shape index (κ3) is 1.66. The number of anilines is 1. The maximum Gasteiger partial charge on any atom is 0.199 e. The van der Waals surface area contributed by atoms with Gasteiger partial charge in [-0.25, -0.2) is 4.98 Å². The van der Waals surface area contributed by atoms with E-state index in [2.05, 4.69) is 4.98 Å². The lowest BCUT2D eigenvalue weighted by Crippen LogP contribution is -1.95. The van der Waals surface area contributed by atoms with Crippen LogP contribution >= 0.6 is 23.4 Å². The Balaban J connectivity index is 2.08. The van der Waals surface area contributed by atoms with Gasteiger partial charge in [-0.3, -0.25) is 0 Å². The summed E-state index contributed by atoms with van der Waals surface area (Å²) in [5.74, 6) is 3.54. The molecule has 0 spiro atoms. The Morgan fingerprint density at radius 2 is 2.38 bits per heavy atom. The number of nitrogens with two attached hydrogens (primary N) is 1. The summed E-state index contributed by atoms with van der Waals surface area (Å²) >= 11 is 7.89. The molecule has 0 bridgehead atoms. The second-order valence-corrected chi connectivity index (χ2v) is 5.51. The minimum absolute atomic E-state index is 0.442. The quantitative estimate of drug-likeness (QED) is 0.794. The summed E-state index contributed by atoms with van der Waals surface area (Å²) in [6.45, 7) is 0. The van der Waals surface area contributed by atoms with Gasteiger partial charge in [0.2, 0.25) is 0 Å². The van der Waals surface area contributed by atoms with Crippen molar-refractivity contribution in [1.29, 1.82) is 0 Å². The normalized spacial score (nSPS) is 20.7. The van der Waals surface area contributed by atoms with Crippen molar-refractivity contribution in [3.8, 4) is 0 Å². The van der Waals surface area contributed by atoms with Crippen LogP contribution in [0.4, 0.5) is 5.69 Å². The number of hydrogen-bond donors (Lipinski definition) is 1. The molecule has 0 radical (unpaired) electrons. The molecule has 2 N–H and O–H groups in total. The summed E-state index contributed by atoms with van der Waals surface area (Å²) in [6.07, 6.45) is 1.14. The Morgan fingerprint density at radius 3 is 3.12 bits per heavy atom. The van der Waals surface area contributed by atoms with Crippen LogP contribution in [0.3, 0.4) is 0 Å². The zero-order chi connectivity index (χ0) is 11.1. The molecule has 1 aliphatic rings. The first kappa shape index (κ1) is 10.3. The smallest absolute Gasteiger partial charge is 0.199 e. The van der Waals surface area contributed by atoms with E-state index in [-0.39, 0.29) is 0 Å². The summed E-state index contributed by atoms with van der Waals surface area (Å²) < 4.78 is 5.72. The lowest BCUT2D eigenvalue weighted by atomic mass is 10.1. The lowest BCUT2D eigenvalue weighted by molar-refractivity contribution is 0.490. The predicted octanol–water partition coefficient (Wildman–Crippen LogP) is 3.28. The molecular weight excluding hydrogens is 244 g/mol. The topological polar surface area (TPSA) is 52.0 Å². The molecule has 0 saturated carbocycles. The van der Waals surface area contributed by atoms with Crippen LogP contribution in [0.15, 0.2) is 16.5 Å². The molecule has 1 aromatic heterocycles. The first-order valence-corrected chi connectivity index (χ1v) is 6.70. The zero-order valence-corrected chi connectivity index (χ0v) is 10.1. The molecule has 3 rings (SSSR count). The standard InChI is InChI=1S/C11H11ClN2OS/c12-7-3-9-10(4-8(7)13)15-11(14-9)6-1-2-16-5-6/h3-4,6H,1-2,5,13H2.